The zero-order valence-electron chi connectivity index (χ0n) is 9.14. The molecule has 0 unspecified atom stereocenters. The number of sulfonamides is 1. The fourth-order valence-electron chi connectivity index (χ4n) is 1.26. The van der Waals surface area contributed by atoms with E-state index in [-0.39, 0.29) is 9.90 Å². The topological polar surface area (TPSA) is 129 Å². The second-order valence-electron chi connectivity index (χ2n) is 3.37. The fraction of sp³-hybridized carbons (Fsp3) is 0. The van der Waals surface area contributed by atoms with Gasteiger partial charge < -0.3 is 10.2 Å². The highest BCUT2D eigenvalue weighted by Gasteiger charge is 2.19. The number of nitrogens with zero attached hydrogens (tertiary/aromatic N) is 2. The molecule has 1 aromatic carbocycles. The summed E-state index contributed by atoms with van der Waals surface area (Å²) in [4.78, 5) is 10.5. The first-order valence-corrected chi connectivity index (χ1v) is 7.02. The number of rotatable bonds is 4. The summed E-state index contributed by atoms with van der Waals surface area (Å²) < 4.78 is 29.6. The predicted octanol–water partition coefficient (Wildman–Crippen LogP) is 0.743. The Morgan fingerprint density at radius 1 is 1.37 bits per heavy atom. The maximum Gasteiger partial charge on any atom is 0.339 e. The van der Waals surface area contributed by atoms with E-state index in [1.807, 2.05) is 0 Å². The van der Waals surface area contributed by atoms with Gasteiger partial charge in [-0.2, -0.15) is 0 Å². The minimum atomic E-state index is -3.95. The van der Waals surface area contributed by atoms with Gasteiger partial charge in [-0.05, 0) is 18.2 Å². The monoisotopic (exact) mass is 301 g/mol. The quantitative estimate of drug-likeness (QED) is 0.759. The van der Waals surface area contributed by atoms with Gasteiger partial charge in [0.15, 0.2) is 0 Å². The summed E-state index contributed by atoms with van der Waals surface area (Å²) in [7, 11) is -3.95. The Morgan fingerprint density at radius 2 is 2.11 bits per heavy atom. The Labute approximate surface area is 111 Å². The standard InChI is InChI=1S/C9H7N3O5S2/c13-7-2-1-5(3-6(7)9(14)15)19(16,17)11-8-4-10-12-18-8/h1-4,11,13H,(H,14,15). The number of nitrogens with one attached hydrogen (secondary N) is 1. The van der Waals surface area contributed by atoms with Gasteiger partial charge in [-0.25, -0.2) is 13.2 Å². The number of aromatic hydroxyl groups is 1. The van der Waals surface area contributed by atoms with Crippen LogP contribution in [0.5, 0.6) is 5.75 Å². The number of anilines is 1. The van der Waals surface area contributed by atoms with Crippen molar-refractivity contribution < 1.29 is 23.4 Å². The van der Waals surface area contributed by atoms with Crippen molar-refractivity contribution in [2.45, 2.75) is 4.90 Å². The van der Waals surface area contributed by atoms with E-state index in [0.717, 1.165) is 29.7 Å². The van der Waals surface area contributed by atoms with E-state index in [1.54, 1.807) is 0 Å². The molecular weight excluding hydrogens is 294 g/mol. The highest BCUT2D eigenvalue weighted by Crippen LogP contribution is 2.23. The number of hydrogen-bond donors (Lipinski definition) is 3. The number of aromatic carboxylic acids is 1. The minimum absolute atomic E-state index is 0.199. The summed E-state index contributed by atoms with van der Waals surface area (Å²) >= 11 is 0.841. The number of benzene rings is 1. The summed E-state index contributed by atoms with van der Waals surface area (Å²) in [6.45, 7) is 0. The van der Waals surface area contributed by atoms with E-state index >= 15 is 0 Å². The highest BCUT2D eigenvalue weighted by molar-refractivity contribution is 7.93. The summed E-state index contributed by atoms with van der Waals surface area (Å²) in [6, 6.07) is 2.97. The van der Waals surface area contributed by atoms with Crippen molar-refractivity contribution in [3.05, 3.63) is 30.0 Å². The van der Waals surface area contributed by atoms with Crippen LogP contribution in [0.25, 0.3) is 0 Å². The van der Waals surface area contributed by atoms with Crippen LogP contribution in [0.2, 0.25) is 0 Å². The predicted molar refractivity (Wildman–Crippen MR) is 65.8 cm³/mol. The minimum Gasteiger partial charge on any atom is -0.507 e. The first-order chi connectivity index (χ1) is 8.90. The van der Waals surface area contributed by atoms with E-state index in [2.05, 4.69) is 14.3 Å². The van der Waals surface area contributed by atoms with Crippen molar-refractivity contribution in [1.82, 2.24) is 9.59 Å². The van der Waals surface area contributed by atoms with Gasteiger partial charge in [0.1, 0.15) is 16.3 Å². The summed E-state index contributed by atoms with van der Waals surface area (Å²) in [6.07, 6.45) is 1.22. The SMILES string of the molecule is O=C(O)c1cc(S(=O)(=O)Nc2cnns2)ccc1O. The van der Waals surface area contributed by atoms with Crippen LogP contribution >= 0.6 is 11.5 Å². The third-order valence-corrected chi connectivity index (χ3v) is 4.18. The molecule has 2 rings (SSSR count). The lowest BCUT2D eigenvalue weighted by atomic mass is 10.2. The Kier molecular flexibility index (Phi) is 3.36. The molecule has 8 nitrogen and oxygen atoms in total. The molecule has 1 heterocycles. The average molecular weight is 301 g/mol. The molecule has 0 fully saturated rings. The number of carboxylic acid groups (broad SMARTS) is 1. The van der Waals surface area contributed by atoms with Crippen LogP contribution in [0.15, 0.2) is 29.3 Å². The van der Waals surface area contributed by atoms with Crippen molar-refractivity contribution in [2.24, 2.45) is 0 Å². The van der Waals surface area contributed by atoms with Crippen LogP contribution in [0.4, 0.5) is 5.00 Å². The normalized spacial score (nSPS) is 11.2. The molecule has 0 bridgehead atoms. The number of carbonyl (C=O) groups is 1. The highest BCUT2D eigenvalue weighted by atomic mass is 32.2. The Bertz CT molecular complexity index is 711. The van der Waals surface area contributed by atoms with E-state index in [0.29, 0.717) is 0 Å². The lowest BCUT2D eigenvalue weighted by Gasteiger charge is -2.06. The van der Waals surface area contributed by atoms with Gasteiger partial charge in [-0.3, -0.25) is 4.72 Å². The van der Waals surface area contributed by atoms with Gasteiger partial charge in [-0.1, -0.05) is 4.49 Å². The van der Waals surface area contributed by atoms with Gasteiger partial charge in [-0.15, -0.1) is 5.10 Å². The van der Waals surface area contributed by atoms with Crippen molar-refractivity contribution in [1.29, 1.82) is 0 Å². The van der Waals surface area contributed by atoms with Gasteiger partial charge >= 0.3 is 5.97 Å². The van der Waals surface area contributed by atoms with Gasteiger partial charge in [0.05, 0.1) is 11.1 Å². The van der Waals surface area contributed by atoms with Gasteiger partial charge in [0.25, 0.3) is 10.0 Å². The van der Waals surface area contributed by atoms with E-state index in [1.165, 1.54) is 6.20 Å². The van der Waals surface area contributed by atoms with Crippen LogP contribution in [-0.2, 0) is 10.0 Å². The number of hydrogen-bond acceptors (Lipinski definition) is 7. The Balaban J connectivity index is 2.41. The first-order valence-electron chi connectivity index (χ1n) is 4.76. The first kappa shape index (κ1) is 13.2. The molecule has 2 aromatic rings. The van der Waals surface area contributed by atoms with Crippen molar-refractivity contribution >= 4 is 32.5 Å². The lowest BCUT2D eigenvalue weighted by molar-refractivity contribution is 0.0693. The van der Waals surface area contributed by atoms with Crippen LogP contribution in [0, 0.1) is 0 Å². The third kappa shape index (κ3) is 2.80. The van der Waals surface area contributed by atoms with E-state index in [4.69, 9.17) is 5.11 Å². The lowest BCUT2D eigenvalue weighted by Crippen LogP contribution is -2.13. The molecule has 0 amide bonds. The zero-order valence-corrected chi connectivity index (χ0v) is 10.8. The summed E-state index contributed by atoms with van der Waals surface area (Å²) in [5.74, 6) is -1.93. The molecule has 0 aliphatic rings. The second-order valence-corrected chi connectivity index (χ2v) is 5.84. The molecule has 0 saturated heterocycles. The van der Waals surface area contributed by atoms with E-state index < -0.39 is 27.3 Å². The van der Waals surface area contributed by atoms with Crippen molar-refractivity contribution in [3.63, 3.8) is 0 Å². The van der Waals surface area contributed by atoms with Gasteiger partial charge in [0, 0.05) is 11.5 Å². The molecular formula is C9H7N3O5S2. The molecule has 0 radical (unpaired) electrons. The summed E-state index contributed by atoms with van der Waals surface area (Å²) in [5.41, 5.74) is -0.495. The molecule has 19 heavy (non-hydrogen) atoms. The fourth-order valence-corrected chi connectivity index (χ4v) is 2.97. The molecule has 0 spiro atoms. The van der Waals surface area contributed by atoms with Crippen LogP contribution in [0.1, 0.15) is 10.4 Å². The average Bonchev–Trinajstić information content (AvgIpc) is 2.80. The second kappa shape index (κ2) is 4.82. The van der Waals surface area contributed by atoms with Crippen LogP contribution in [0.3, 0.4) is 0 Å². The Hall–Kier alpha value is -2.20. The smallest absolute Gasteiger partial charge is 0.339 e. The molecule has 0 aliphatic heterocycles. The largest absolute Gasteiger partial charge is 0.507 e. The number of phenols is 1. The van der Waals surface area contributed by atoms with Crippen LogP contribution in [-0.4, -0.2) is 34.2 Å². The third-order valence-electron chi connectivity index (χ3n) is 2.10. The van der Waals surface area contributed by atoms with Gasteiger partial charge in [0.2, 0.25) is 0 Å². The molecule has 10 heteroatoms. The van der Waals surface area contributed by atoms with E-state index in [9.17, 15) is 18.3 Å². The molecule has 0 aliphatic carbocycles. The van der Waals surface area contributed by atoms with Crippen molar-refractivity contribution in [2.75, 3.05) is 4.72 Å². The molecule has 0 atom stereocenters. The molecule has 0 saturated carbocycles. The summed E-state index contributed by atoms with van der Waals surface area (Å²) in [5, 5.41) is 21.8. The molecule has 1 aromatic heterocycles. The van der Waals surface area contributed by atoms with Crippen molar-refractivity contribution in [3.8, 4) is 5.75 Å². The molecule has 3 N–H and O–H groups in total. The maximum atomic E-state index is 12.0. The Morgan fingerprint density at radius 3 is 2.68 bits per heavy atom. The number of carboxylic acids is 1. The maximum absolute atomic E-state index is 12.0. The zero-order chi connectivity index (χ0) is 14.0. The van der Waals surface area contributed by atoms with Crippen LogP contribution < -0.4 is 4.72 Å². The number of aromatic nitrogens is 2. The molecule has 100 valence electrons.